The van der Waals surface area contributed by atoms with Crippen LogP contribution in [0.15, 0.2) is 54.6 Å². The lowest BCUT2D eigenvalue weighted by Gasteiger charge is -2.15. The number of benzene rings is 2. The third-order valence-corrected chi connectivity index (χ3v) is 3.49. The van der Waals surface area contributed by atoms with Crippen LogP contribution < -0.4 is 10.6 Å². The van der Waals surface area contributed by atoms with E-state index in [0.29, 0.717) is 12.1 Å². The molecule has 22 heavy (non-hydrogen) atoms. The molecule has 0 fully saturated rings. The maximum atomic E-state index is 12.1. The third-order valence-electron chi connectivity index (χ3n) is 3.49. The average molecular weight is 296 g/mol. The maximum Gasteiger partial charge on any atom is 0.251 e. The second kappa shape index (κ2) is 7.41. The Bertz CT molecular complexity index is 653. The van der Waals surface area contributed by atoms with Gasteiger partial charge in [-0.2, -0.15) is 0 Å². The molecule has 0 aliphatic rings. The van der Waals surface area contributed by atoms with Crippen molar-refractivity contribution in [2.24, 2.45) is 0 Å². The molecule has 1 atom stereocenters. The Hall–Kier alpha value is -2.62. The Kier molecular flexibility index (Phi) is 5.31. The number of carbonyl (C=O) groups excluding carboxylic acids is 2. The Balaban J connectivity index is 1.87. The Morgan fingerprint density at radius 1 is 1.00 bits per heavy atom. The zero-order valence-corrected chi connectivity index (χ0v) is 12.8. The quantitative estimate of drug-likeness (QED) is 0.890. The zero-order chi connectivity index (χ0) is 15.9. The molecule has 2 aromatic carbocycles. The van der Waals surface area contributed by atoms with E-state index in [1.807, 2.05) is 37.3 Å². The first kappa shape index (κ1) is 15.8. The molecule has 0 saturated carbocycles. The summed E-state index contributed by atoms with van der Waals surface area (Å²) in [5, 5.41) is 5.54. The molecular formula is C18H20N2O2. The highest BCUT2D eigenvalue weighted by Gasteiger charge is 2.16. The molecular weight excluding hydrogens is 276 g/mol. The number of nitrogens with one attached hydrogen (secondary N) is 2. The molecule has 1 unspecified atom stereocenters. The van der Waals surface area contributed by atoms with E-state index in [4.69, 9.17) is 0 Å². The monoisotopic (exact) mass is 296 g/mol. The zero-order valence-electron chi connectivity index (χ0n) is 12.8. The molecule has 2 rings (SSSR count). The predicted molar refractivity (Wildman–Crippen MR) is 86.4 cm³/mol. The minimum atomic E-state index is -0.586. The number of carbonyl (C=O) groups is 2. The number of hydrogen-bond acceptors (Lipinski definition) is 2. The van der Waals surface area contributed by atoms with Gasteiger partial charge in [-0.3, -0.25) is 9.59 Å². The number of amides is 2. The summed E-state index contributed by atoms with van der Waals surface area (Å²) in [5.41, 5.74) is 2.74. The summed E-state index contributed by atoms with van der Waals surface area (Å²) in [4.78, 5) is 24.1. The molecule has 4 heteroatoms. The predicted octanol–water partition coefficient (Wildman–Crippen LogP) is 2.43. The lowest BCUT2D eigenvalue weighted by Crippen LogP contribution is -2.44. The van der Waals surface area contributed by atoms with Crippen molar-refractivity contribution in [1.29, 1.82) is 0 Å². The second-order valence-corrected chi connectivity index (χ2v) is 5.21. The molecule has 114 valence electrons. The van der Waals surface area contributed by atoms with Gasteiger partial charge in [-0.15, -0.1) is 0 Å². The molecule has 0 saturated heterocycles. The van der Waals surface area contributed by atoms with Crippen LogP contribution in [-0.2, 0) is 11.3 Å². The van der Waals surface area contributed by atoms with Crippen LogP contribution in [0.2, 0.25) is 0 Å². The van der Waals surface area contributed by atoms with Crippen LogP contribution in [0.4, 0.5) is 0 Å². The van der Waals surface area contributed by atoms with Crippen molar-refractivity contribution in [3.05, 3.63) is 71.3 Å². The van der Waals surface area contributed by atoms with E-state index >= 15 is 0 Å². The van der Waals surface area contributed by atoms with Crippen molar-refractivity contribution in [2.75, 3.05) is 0 Å². The molecule has 0 spiro atoms. The Morgan fingerprint density at radius 2 is 1.64 bits per heavy atom. The minimum Gasteiger partial charge on any atom is -0.350 e. The minimum absolute atomic E-state index is 0.201. The second-order valence-electron chi connectivity index (χ2n) is 5.21. The highest BCUT2D eigenvalue weighted by molar-refractivity contribution is 5.97. The van der Waals surface area contributed by atoms with Gasteiger partial charge in [-0.25, -0.2) is 0 Å². The van der Waals surface area contributed by atoms with Crippen molar-refractivity contribution in [3.63, 3.8) is 0 Å². The summed E-state index contributed by atoms with van der Waals surface area (Å²) in [6.45, 7) is 4.13. The van der Waals surface area contributed by atoms with E-state index < -0.39 is 6.04 Å². The Morgan fingerprint density at radius 3 is 2.32 bits per heavy atom. The van der Waals surface area contributed by atoms with E-state index in [9.17, 15) is 9.59 Å². The van der Waals surface area contributed by atoms with Crippen LogP contribution in [0.25, 0.3) is 0 Å². The van der Waals surface area contributed by atoms with Gasteiger partial charge >= 0.3 is 0 Å². The van der Waals surface area contributed by atoms with Crippen LogP contribution in [-0.4, -0.2) is 17.9 Å². The fourth-order valence-electron chi connectivity index (χ4n) is 2.08. The topological polar surface area (TPSA) is 58.2 Å². The summed E-state index contributed by atoms with van der Waals surface area (Å²) >= 11 is 0. The van der Waals surface area contributed by atoms with Crippen molar-refractivity contribution in [2.45, 2.75) is 26.4 Å². The first-order chi connectivity index (χ1) is 10.6. The number of rotatable bonds is 5. The van der Waals surface area contributed by atoms with Gasteiger partial charge in [0.15, 0.2) is 0 Å². The number of aryl methyl sites for hydroxylation is 1. The normalized spacial score (nSPS) is 11.5. The summed E-state index contributed by atoms with van der Waals surface area (Å²) in [7, 11) is 0. The standard InChI is InChI=1S/C18H20N2O2/c1-13-8-6-7-11-16(13)12-19-17(21)14(2)20-18(22)15-9-4-3-5-10-15/h3-11,14H,12H2,1-2H3,(H,19,21)(H,20,22). The summed E-state index contributed by atoms with van der Waals surface area (Å²) < 4.78 is 0. The number of hydrogen-bond donors (Lipinski definition) is 2. The first-order valence-corrected chi connectivity index (χ1v) is 7.26. The van der Waals surface area contributed by atoms with Crippen molar-refractivity contribution >= 4 is 11.8 Å². The van der Waals surface area contributed by atoms with E-state index in [0.717, 1.165) is 11.1 Å². The average Bonchev–Trinajstić information content (AvgIpc) is 2.54. The van der Waals surface area contributed by atoms with Gasteiger partial charge in [-0.1, -0.05) is 42.5 Å². The van der Waals surface area contributed by atoms with E-state index in [1.165, 1.54) is 0 Å². The van der Waals surface area contributed by atoms with Crippen molar-refractivity contribution < 1.29 is 9.59 Å². The largest absolute Gasteiger partial charge is 0.350 e. The van der Waals surface area contributed by atoms with Crippen LogP contribution in [0.3, 0.4) is 0 Å². The molecule has 2 aromatic rings. The van der Waals surface area contributed by atoms with Crippen LogP contribution in [0.5, 0.6) is 0 Å². The first-order valence-electron chi connectivity index (χ1n) is 7.26. The van der Waals surface area contributed by atoms with Gasteiger partial charge in [0, 0.05) is 12.1 Å². The van der Waals surface area contributed by atoms with E-state index in [-0.39, 0.29) is 11.8 Å². The molecule has 0 heterocycles. The molecule has 0 aliphatic carbocycles. The lowest BCUT2D eigenvalue weighted by atomic mass is 10.1. The highest BCUT2D eigenvalue weighted by atomic mass is 16.2. The molecule has 0 aromatic heterocycles. The fourth-order valence-corrected chi connectivity index (χ4v) is 2.08. The van der Waals surface area contributed by atoms with Crippen LogP contribution in [0.1, 0.15) is 28.4 Å². The molecule has 0 radical (unpaired) electrons. The summed E-state index contributed by atoms with van der Waals surface area (Å²) in [5.74, 6) is -0.452. The van der Waals surface area contributed by atoms with Gasteiger partial charge < -0.3 is 10.6 Å². The SMILES string of the molecule is Cc1ccccc1CNC(=O)C(C)NC(=O)c1ccccc1. The smallest absolute Gasteiger partial charge is 0.251 e. The van der Waals surface area contributed by atoms with Gasteiger partial charge in [0.1, 0.15) is 6.04 Å². The fraction of sp³-hybridized carbons (Fsp3) is 0.222. The van der Waals surface area contributed by atoms with Gasteiger partial charge in [0.2, 0.25) is 5.91 Å². The lowest BCUT2D eigenvalue weighted by molar-refractivity contribution is -0.122. The van der Waals surface area contributed by atoms with Gasteiger partial charge in [0.05, 0.1) is 0 Å². The Labute approximate surface area is 130 Å². The molecule has 0 aliphatic heterocycles. The van der Waals surface area contributed by atoms with Crippen LogP contribution in [0, 0.1) is 6.92 Å². The third kappa shape index (κ3) is 4.19. The highest BCUT2D eigenvalue weighted by Crippen LogP contribution is 2.06. The van der Waals surface area contributed by atoms with Gasteiger partial charge in [-0.05, 0) is 37.1 Å². The summed E-state index contributed by atoms with van der Waals surface area (Å²) in [6.07, 6.45) is 0. The molecule has 0 bridgehead atoms. The molecule has 2 amide bonds. The van der Waals surface area contributed by atoms with Crippen molar-refractivity contribution in [3.8, 4) is 0 Å². The maximum absolute atomic E-state index is 12.1. The van der Waals surface area contributed by atoms with Crippen molar-refractivity contribution in [1.82, 2.24) is 10.6 Å². The van der Waals surface area contributed by atoms with E-state index in [1.54, 1.807) is 31.2 Å². The van der Waals surface area contributed by atoms with E-state index in [2.05, 4.69) is 10.6 Å². The van der Waals surface area contributed by atoms with Gasteiger partial charge in [0.25, 0.3) is 5.91 Å². The molecule has 2 N–H and O–H groups in total. The molecule has 4 nitrogen and oxygen atoms in total. The summed E-state index contributed by atoms with van der Waals surface area (Å²) in [6, 6.07) is 16.1. The van der Waals surface area contributed by atoms with Crippen LogP contribution >= 0.6 is 0 Å².